The third kappa shape index (κ3) is 3.08. The van der Waals surface area contributed by atoms with Crippen LogP contribution in [0.15, 0.2) is 12.7 Å². The number of likely N-dealkylation sites (tertiary alicyclic amines) is 1. The molecular weight excluding hydrogens is 194 g/mol. The Balaban J connectivity index is 2.67. The fourth-order valence-electron chi connectivity index (χ4n) is 1.45. The highest BCUT2D eigenvalue weighted by atomic mass is 16.6. The highest BCUT2D eigenvalue weighted by Crippen LogP contribution is 2.19. The molecule has 1 amide bonds. The van der Waals surface area contributed by atoms with Crippen molar-refractivity contribution in [2.45, 2.75) is 38.8 Å². The smallest absolute Gasteiger partial charge is 0.411 e. The van der Waals surface area contributed by atoms with Crippen molar-refractivity contribution < 1.29 is 14.3 Å². The molecule has 84 valence electrons. The maximum absolute atomic E-state index is 11.7. The van der Waals surface area contributed by atoms with Crippen molar-refractivity contribution in [3.63, 3.8) is 0 Å². The predicted octanol–water partition coefficient (Wildman–Crippen LogP) is 1.75. The second-order valence-electron chi connectivity index (χ2n) is 4.65. The third-order valence-corrected chi connectivity index (χ3v) is 2.08. The highest BCUT2D eigenvalue weighted by Gasteiger charge is 2.34. The van der Waals surface area contributed by atoms with Gasteiger partial charge in [0.1, 0.15) is 5.60 Å². The zero-order valence-electron chi connectivity index (χ0n) is 9.45. The van der Waals surface area contributed by atoms with Crippen LogP contribution in [0.1, 0.15) is 27.2 Å². The van der Waals surface area contributed by atoms with Crippen LogP contribution in [0.3, 0.4) is 0 Å². The lowest BCUT2D eigenvalue weighted by Crippen LogP contribution is -2.39. The largest absolute Gasteiger partial charge is 0.444 e. The fourth-order valence-corrected chi connectivity index (χ4v) is 1.45. The van der Waals surface area contributed by atoms with E-state index in [0.717, 1.165) is 0 Å². The standard InChI is InChI=1S/C11H17NO3/c1-5-8-6-9(13)7-12(8)10(14)15-11(2,3)4/h5,8H,1,6-7H2,2-4H3. The van der Waals surface area contributed by atoms with E-state index in [0.29, 0.717) is 6.42 Å². The summed E-state index contributed by atoms with van der Waals surface area (Å²) in [5, 5.41) is 0. The molecule has 1 aliphatic rings. The van der Waals surface area contributed by atoms with E-state index in [1.54, 1.807) is 26.8 Å². The summed E-state index contributed by atoms with van der Waals surface area (Å²) >= 11 is 0. The van der Waals surface area contributed by atoms with E-state index in [4.69, 9.17) is 4.74 Å². The molecule has 0 bridgehead atoms. The van der Waals surface area contributed by atoms with Crippen LogP contribution < -0.4 is 0 Å². The highest BCUT2D eigenvalue weighted by molar-refractivity contribution is 5.88. The van der Waals surface area contributed by atoms with Crippen molar-refractivity contribution in [1.82, 2.24) is 4.90 Å². The molecule has 1 atom stereocenters. The summed E-state index contributed by atoms with van der Waals surface area (Å²) in [4.78, 5) is 24.3. The minimum atomic E-state index is -0.533. The Labute approximate surface area is 89.9 Å². The monoisotopic (exact) mass is 211 g/mol. The summed E-state index contributed by atoms with van der Waals surface area (Å²) in [6, 6.07) is -0.215. The zero-order valence-corrected chi connectivity index (χ0v) is 9.45. The molecule has 0 radical (unpaired) electrons. The van der Waals surface area contributed by atoms with Crippen LogP contribution in [-0.2, 0) is 9.53 Å². The molecule has 4 nitrogen and oxygen atoms in total. The van der Waals surface area contributed by atoms with E-state index in [2.05, 4.69) is 6.58 Å². The molecular formula is C11H17NO3. The van der Waals surface area contributed by atoms with Gasteiger partial charge in [0.2, 0.25) is 0 Å². The van der Waals surface area contributed by atoms with Crippen molar-refractivity contribution in [1.29, 1.82) is 0 Å². The second-order valence-corrected chi connectivity index (χ2v) is 4.65. The van der Waals surface area contributed by atoms with Gasteiger partial charge in [0.25, 0.3) is 0 Å². The summed E-state index contributed by atoms with van der Waals surface area (Å²) in [6.45, 7) is 9.13. The molecule has 0 aromatic rings. The second kappa shape index (κ2) is 4.04. The van der Waals surface area contributed by atoms with Crippen molar-refractivity contribution in [2.75, 3.05) is 6.54 Å². The molecule has 0 aliphatic carbocycles. The van der Waals surface area contributed by atoms with Crippen LogP contribution in [0.4, 0.5) is 4.79 Å². The number of carbonyl (C=O) groups excluding carboxylic acids is 2. The molecule has 1 fully saturated rings. The summed E-state index contributed by atoms with van der Waals surface area (Å²) in [7, 11) is 0. The Bertz CT molecular complexity index is 291. The van der Waals surface area contributed by atoms with E-state index in [9.17, 15) is 9.59 Å². The number of hydrogen-bond acceptors (Lipinski definition) is 3. The maximum atomic E-state index is 11.7. The van der Waals surface area contributed by atoms with Gasteiger partial charge < -0.3 is 4.74 Å². The lowest BCUT2D eigenvalue weighted by molar-refractivity contribution is -0.117. The molecule has 15 heavy (non-hydrogen) atoms. The predicted molar refractivity (Wildman–Crippen MR) is 56.5 cm³/mol. The number of ketones is 1. The molecule has 1 saturated heterocycles. The minimum Gasteiger partial charge on any atom is -0.444 e. The van der Waals surface area contributed by atoms with Crippen LogP contribution in [-0.4, -0.2) is 35.0 Å². The van der Waals surface area contributed by atoms with Crippen LogP contribution in [0.5, 0.6) is 0 Å². The number of nitrogens with zero attached hydrogens (tertiary/aromatic N) is 1. The van der Waals surface area contributed by atoms with Crippen molar-refractivity contribution >= 4 is 11.9 Å². The Hall–Kier alpha value is -1.32. The third-order valence-electron chi connectivity index (χ3n) is 2.08. The molecule has 1 aliphatic heterocycles. The van der Waals surface area contributed by atoms with Crippen molar-refractivity contribution in [2.24, 2.45) is 0 Å². The summed E-state index contributed by atoms with van der Waals surface area (Å²) in [5.74, 6) is 0.0470. The fraction of sp³-hybridized carbons (Fsp3) is 0.636. The minimum absolute atomic E-state index is 0.0470. The maximum Gasteiger partial charge on any atom is 0.411 e. The molecule has 1 heterocycles. The van der Waals surface area contributed by atoms with Gasteiger partial charge in [-0.3, -0.25) is 9.69 Å². The van der Waals surface area contributed by atoms with Gasteiger partial charge in [0.05, 0.1) is 12.6 Å². The summed E-state index contributed by atoms with van der Waals surface area (Å²) < 4.78 is 5.19. The number of hydrogen-bond donors (Lipinski definition) is 0. The molecule has 0 aromatic heterocycles. The van der Waals surface area contributed by atoms with Gasteiger partial charge in [-0.1, -0.05) is 6.08 Å². The summed E-state index contributed by atoms with van der Waals surface area (Å²) in [5.41, 5.74) is -0.533. The van der Waals surface area contributed by atoms with Gasteiger partial charge in [0.15, 0.2) is 5.78 Å². The molecule has 0 N–H and O–H groups in total. The molecule has 0 aromatic carbocycles. The molecule has 0 saturated carbocycles. The first-order valence-corrected chi connectivity index (χ1v) is 4.97. The number of ether oxygens (including phenoxy) is 1. The Morgan fingerprint density at radius 1 is 1.60 bits per heavy atom. The van der Waals surface area contributed by atoms with Crippen LogP contribution in [0.25, 0.3) is 0 Å². The Kier molecular flexibility index (Phi) is 3.17. The number of amides is 1. The average molecular weight is 211 g/mol. The summed E-state index contributed by atoms with van der Waals surface area (Å²) in [6.07, 6.45) is 1.51. The van der Waals surface area contributed by atoms with Crippen molar-refractivity contribution in [3.05, 3.63) is 12.7 Å². The normalized spacial score (nSPS) is 21.7. The quantitative estimate of drug-likeness (QED) is 0.621. The van der Waals surface area contributed by atoms with E-state index in [-0.39, 0.29) is 18.4 Å². The zero-order chi connectivity index (χ0) is 11.6. The van der Waals surface area contributed by atoms with E-state index < -0.39 is 11.7 Å². The van der Waals surface area contributed by atoms with Gasteiger partial charge in [-0.15, -0.1) is 6.58 Å². The van der Waals surface area contributed by atoms with Crippen LogP contribution in [0, 0.1) is 0 Å². The molecule has 1 rings (SSSR count). The van der Waals surface area contributed by atoms with Gasteiger partial charge >= 0.3 is 6.09 Å². The average Bonchev–Trinajstić information content (AvgIpc) is 2.43. The number of carbonyl (C=O) groups is 2. The molecule has 0 spiro atoms. The van der Waals surface area contributed by atoms with Gasteiger partial charge in [0, 0.05) is 6.42 Å². The van der Waals surface area contributed by atoms with Crippen LogP contribution in [0.2, 0.25) is 0 Å². The van der Waals surface area contributed by atoms with E-state index in [1.165, 1.54) is 4.90 Å². The first-order chi connectivity index (χ1) is 6.83. The molecule has 4 heteroatoms. The number of rotatable bonds is 1. The van der Waals surface area contributed by atoms with Crippen molar-refractivity contribution in [3.8, 4) is 0 Å². The van der Waals surface area contributed by atoms with Gasteiger partial charge in [-0.2, -0.15) is 0 Å². The van der Waals surface area contributed by atoms with E-state index in [1.807, 2.05) is 0 Å². The van der Waals surface area contributed by atoms with Crippen LogP contribution >= 0.6 is 0 Å². The first-order valence-electron chi connectivity index (χ1n) is 4.97. The topological polar surface area (TPSA) is 46.6 Å². The van der Waals surface area contributed by atoms with E-state index >= 15 is 0 Å². The lowest BCUT2D eigenvalue weighted by Gasteiger charge is -2.26. The Morgan fingerprint density at radius 3 is 2.67 bits per heavy atom. The Morgan fingerprint density at radius 2 is 2.20 bits per heavy atom. The molecule has 1 unspecified atom stereocenters. The SMILES string of the molecule is C=CC1CC(=O)CN1C(=O)OC(C)(C)C. The number of Topliss-reactive ketones (excluding diaryl/α,β-unsaturated/α-hetero) is 1. The van der Waals surface area contributed by atoms with Gasteiger partial charge in [-0.05, 0) is 20.8 Å². The first kappa shape index (κ1) is 11.8. The van der Waals surface area contributed by atoms with Gasteiger partial charge in [-0.25, -0.2) is 4.79 Å². The lowest BCUT2D eigenvalue weighted by atomic mass is 10.2.